The zero-order valence-corrected chi connectivity index (χ0v) is 16.1. The number of carbonyl (C=O) groups is 2. The lowest BCUT2D eigenvalue weighted by atomic mass is 9.96. The number of β-amino-alcohol motifs (C(OH)–C–C–N with tert-alkyl or cyclic N) is 1. The van der Waals surface area contributed by atoms with Crippen molar-refractivity contribution < 1.29 is 19.8 Å². The molecule has 0 radical (unpaired) electrons. The third kappa shape index (κ3) is 4.88. The highest BCUT2D eigenvalue weighted by atomic mass is 16.3. The monoisotopic (exact) mass is 372 g/mol. The van der Waals surface area contributed by atoms with E-state index in [4.69, 9.17) is 6.42 Å². The Kier molecular flexibility index (Phi) is 7.00. The van der Waals surface area contributed by atoms with Crippen molar-refractivity contribution >= 4 is 11.8 Å². The maximum Gasteiger partial charge on any atom is 0.243 e. The molecule has 0 aliphatic carbocycles. The quantitative estimate of drug-likeness (QED) is 0.652. The van der Waals surface area contributed by atoms with Gasteiger partial charge in [-0.05, 0) is 23.6 Å². The van der Waals surface area contributed by atoms with E-state index in [1.165, 1.54) is 4.90 Å². The third-order valence-corrected chi connectivity index (χ3v) is 5.23. The van der Waals surface area contributed by atoms with Crippen LogP contribution < -0.4 is 5.32 Å². The second-order valence-electron chi connectivity index (χ2n) is 7.44. The molecule has 1 heterocycles. The van der Waals surface area contributed by atoms with E-state index in [0.29, 0.717) is 5.56 Å². The first kappa shape index (κ1) is 20.9. The summed E-state index contributed by atoms with van der Waals surface area (Å²) in [5.41, 5.74) is 1.43. The molecule has 6 heteroatoms. The number of hydrogen-bond donors (Lipinski definition) is 3. The standard InChI is InChI=1S/C21H28N2O4/c1-5-15-6-8-16(9-7-15)18(12-24)22-20(26)19-10-17(25)11-23(19)21(27)14(4)13(2)3/h1,6-9,13-14,17-19,24-25H,10-12H2,2-4H3,(H,22,26). The molecule has 0 bridgehead atoms. The van der Waals surface area contributed by atoms with E-state index in [9.17, 15) is 19.8 Å². The number of hydrogen-bond acceptors (Lipinski definition) is 4. The van der Waals surface area contributed by atoms with Gasteiger partial charge in [0.1, 0.15) is 6.04 Å². The topological polar surface area (TPSA) is 89.9 Å². The molecule has 1 aliphatic rings. The highest BCUT2D eigenvalue weighted by Gasteiger charge is 2.41. The summed E-state index contributed by atoms with van der Waals surface area (Å²) in [6, 6.07) is 5.63. The van der Waals surface area contributed by atoms with Crippen molar-refractivity contribution in [1.29, 1.82) is 0 Å². The minimum absolute atomic E-state index is 0.138. The maximum absolute atomic E-state index is 12.8. The van der Waals surface area contributed by atoms with Gasteiger partial charge in [0.05, 0.1) is 18.8 Å². The Labute approximate surface area is 160 Å². The molecule has 0 spiro atoms. The van der Waals surface area contributed by atoms with E-state index in [0.717, 1.165) is 5.56 Å². The van der Waals surface area contributed by atoms with Crippen molar-refractivity contribution in [2.45, 2.75) is 45.4 Å². The predicted octanol–water partition coefficient (Wildman–Crippen LogP) is 1.07. The number of benzene rings is 1. The van der Waals surface area contributed by atoms with Crippen molar-refractivity contribution in [2.75, 3.05) is 13.2 Å². The van der Waals surface area contributed by atoms with Gasteiger partial charge in [-0.15, -0.1) is 6.42 Å². The average molecular weight is 372 g/mol. The number of terminal acetylenes is 1. The Morgan fingerprint density at radius 3 is 2.44 bits per heavy atom. The molecule has 3 N–H and O–H groups in total. The highest BCUT2D eigenvalue weighted by molar-refractivity contribution is 5.89. The number of aliphatic hydroxyl groups is 2. The molecule has 1 fully saturated rings. The lowest BCUT2D eigenvalue weighted by Crippen LogP contribution is -2.49. The molecule has 0 aromatic heterocycles. The summed E-state index contributed by atoms with van der Waals surface area (Å²) in [4.78, 5) is 27.0. The second kappa shape index (κ2) is 9.03. The molecule has 2 rings (SSSR count). The van der Waals surface area contributed by atoms with E-state index in [-0.39, 0.29) is 43.2 Å². The lowest BCUT2D eigenvalue weighted by Gasteiger charge is -2.29. The molecular weight excluding hydrogens is 344 g/mol. The van der Waals surface area contributed by atoms with Crippen molar-refractivity contribution in [3.63, 3.8) is 0 Å². The largest absolute Gasteiger partial charge is 0.394 e. The number of aliphatic hydroxyl groups excluding tert-OH is 2. The van der Waals surface area contributed by atoms with Gasteiger partial charge in [0.2, 0.25) is 11.8 Å². The number of likely N-dealkylation sites (tertiary alicyclic amines) is 1. The summed E-state index contributed by atoms with van der Waals surface area (Å²) >= 11 is 0. The van der Waals surface area contributed by atoms with Gasteiger partial charge in [-0.25, -0.2) is 0 Å². The van der Waals surface area contributed by atoms with Gasteiger partial charge in [0.25, 0.3) is 0 Å². The van der Waals surface area contributed by atoms with Crippen LogP contribution in [0.3, 0.4) is 0 Å². The van der Waals surface area contributed by atoms with Crippen LogP contribution in [-0.2, 0) is 9.59 Å². The van der Waals surface area contributed by atoms with Crippen molar-refractivity contribution in [3.05, 3.63) is 35.4 Å². The van der Waals surface area contributed by atoms with Crippen molar-refractivity contribution in [3.8, 4) is 12.3 Å². The zero-order valence-electron chi connectivity index (χ0n) is 16.1. The van der Waals surface area contributed by atoms with Gasteiger partial charge < -0.3 is 20.4 Å². The minimum Gasteiger partial charge on any atom is -0.394 e. The molecule has 4 atom stereocenters. The van der Waals surface area contributed by atoms with Crippen LogP contribution in [0.15, 0.2) is 24.3 Å². The number of carbonyl (C=O) groups excluding carboxylic acids is 2. The smallest absolute Gasteiger partial charge is 0.243 e. The van der Waals surface area contributed by atoms with Gasteiger partial charge in [-0.3, -0.25) is 9.59 Å². The highest BCUT2D eigenvalue weighted by Crippen LogP contribution is 2.24. The fourth-order valence-corrected chi connectivity index (χ4v) is 3.17. The van der Waals surface area contributed by atoms with Crippen LogP contribution in [-0.4, -0.2) is 52.2 Å². The van der Waals surface area contributed by atoms with Crippen LogP contribution in [0.25, 0.3) is 0 Å². The normalized spacial score (nSPS) is 21.6. The molecule has 1 saturated heterocycles. The van der Waals surface area contributed by atoms with Crippen LogP contribution in [0.5, 0.6) is 0 Å². The Balaban J connectivity index is 2.13. The number of nitrogens with one attached hydrogen (secondary N) is 1. The summed E-state index contributed by atoms with van der Waals surface area (Å²) in [5.74, 6) is 1.90. The molecule has 1 aromatic carbocycles. The number of amides is 2. The van der Waals surface area contributed by atoms with Crippen LogP contribution in [0.4, 0.5) is 0 Å². The maximum atomic E-state index is 12.8. The Morgan fingerprint density at radius 1 is 1.30 bits per heavy atom. The Morgan fingerprint density at radius 2 is 1.93 bits per heavy atom. The first-order valence-corrected chi connectivity index (χ1v) is 9.24. The van der Waals surface area contributed by atoms with Crippen molar-refractivity contribution in [1.82, 2.24) is 10.2 Å². The average Bonchev–Trinajstić information content (AvgIpc) is 3.06. The van der Waals surface area contributed by atoms with E-state index >= 15 is 0 Å². The van der Waals surface area contributed by atoms with E-state index in [2.05, 4.69) is 11.2 Å². The molecule has 1 aliphatic heterocycles. The molecular formula is C21H28N2O4. The Bertz CT molecular complexity index is 708. The minimum atomic E-state index is -0.743. The molecule has 0 saturated carbocycles. The third-order valence-electron chi connectivity index (χ3n) is 5.23. The fourth-order valence-electron chi connectivity index (χ4n) is 3.17. The summed E-state index contributed by atoms with van der Waals surface area (Å²) in [6.07, 6.45) is 4.80. The zero-order chi connectivity index (χ0) is 20.1. The first-order valence-electron chi connectivity index (χ1n) is 9.24. The van der Waals surface area contributed by atoms with Crippen LogP contribution in [0.2, 0.25) is 0 Å². The molecule has 146 valence electrons. The summed E-state index contributed by atoms with van der Waals surface area (Å²) in [5, 5.41) is 22.5. The molecule has 1 aromatic rings. The number of rotatable bonds is 6. The molecule has 2 amide bonds. The Hall–Kier alpha value is -2.36. The first-order chi connectivity index (χ1) is 12.8. The van der Waals surface area contributed by atoms with E-state index in [1.54, 1.807) is 24.3 Å². The predicted molar refractivity (Wildman–Crippen MR) is 102 cm³/mol. The van der Waals surface area contributed by atoms with E-state index < -0.39 is 18.2 Å². The molecule has 6 nitrogen and oxygen atoms in total. The van der Waals surface area contributed by atoms with Crippen LogP contribution in [0.1, 0.15) is 44.4 Å². The van der Waals surface area contributed by atoms with E-state index in [1.807, 2.05) is 20.8 Å². The molecule has 4 unspecified atom stereocenters. The SMILES string of the molecule is C#Cc1ccc(C(CO)NC(=O)C2CC(O)CN2C(=O)C(C)C(C)C)cc1. The summed E-state index contributed by atoms with van der Waals surface area (Å²) < 4.78 is 0. The van der Waals surface area contributed by atoms with Gasteiger partial charge in [-0.2, -0.15) is 0 Å². The molecule has 27 heavy (non-hydrogen) atoms. The second-order valence-corrected chi connectivity index (χ2v) is 7.44. The van der Waals surface area contributed by atoms with Crippen molar-refractivity contribution in [2.24, 2.45) is 11.8 Å². The van der Waals surface area contributed by atoms with Crippen LogP contribution in [0, 0.1) is 24.2 Å². The lowest BCUT2D eigenvalue weighted by molar-refractivity contribution is -0.142. The van der Waals surface area contributed by atoms with Gasteiger partial charge >= 0.3 is 0 Å². The fraction of sp³-hybridized carbons (Fsp3) is 0.524. The van der Waals surface area contributed by atoms with Crippen LogP contribution >= 0.6 is 0 Å². The van der Waals surface area contributed by atoms with Gasteiger partial charge in [0.15, 0.2) is 0 Å². The van der Waals surface area contributed by atoms with Gasteiger partial charge in [0, 0.05) is 24.4 Å². The van der Waals surface area contributed by atoms with Gasteiger partial charge in [-0.1, -0.05) is 38.8 Å². The number of nitrogens with zero attached hydrogens (tertiary/aromatic N) is 1. The summed E-state index contributed by atoms with van der Waals surface area (Å²) in [7, 11) is 0. The summed E-state index contributed by atoms with van der Waals surface area (Å²) in [6.45, 7) is 5.59.